The van der Waals surface area contributed by atoms with Gasteiger partial charge in [0, 0.05) is 18.6 Å². The van der Waals surface area contributed by atoms with Crippen molar-refractivity contribution in [1.29, 1.82) is 0 Å². The summed E-state index contributed by atoms with van der Waals surface area (Å²) < 4.78 is 22.3. The molecule has 3 N–H and O–H groups in total. The highest BCUT2D eigenvalue weighted by atomic mass is 16.7. The van der Waals surface area contributed by atoms with Crippen molar-refractivity contribution in [3.63, 3.8) is 0 Å². The molecular weight excluding hydrogens is 408 g/mol. The van der Waals surface area contributed by atoms with Gasteiger partial charge < -0.3 is 33.9 Å². The van der Waals surface area contributed by atoms with Crippen molar-refractivity contribution < 1.29 is 38.7 Å². The number of benzene rings is 1. The molecule has 1 aromatic heterocycles. The number of ether oxygens (including phenoxy) is 3. The van der Waals surface area contributed by atoms with Crippen molar-refractivity contribution >= 4 is 16.8 Å². The van der Waals surface area contributed by atoms with Crippen molar-refractivity contribution in [3.8, 4) is 11.5 Å². The van der Waals surface area contributed by atoms with Crippen LogP contribution >= 0.6 is 0 Å². The molecule has 1 saturated carbocycles. The third kappa shape index (κ3) is 3.61. The minimum Gasteiger partial charge on any atom is -0.506 e. The normalized spacial score (nSPS) is 27.9. The van der Waals surface area contributed by atoms with Crippen molar-refractivity contribution in [3.05, 3.63) is 33.7 Å². The molecule has 0 bridgehead atoms. The van der Waals surface area contributed by atoms with E-state index in [4.69, 9.17) is 18.6 Å². The number of methoxy groups -OCH3 is 1. The Kier molecular flexibility index (Phi) is 5.33. The summed E-state index contributed by atoms with van der Waals surface area (Å²) in [5.41, 5.74) is -1.76. The van der Waals surface area contributed by atoms with Gasteiger partial charge in [-0.2, -0.15) is 0 Å². The molecule has 4 atom stereocenters. The predicted octanol–water partition coefficient (Wildman–Crippen LogP) is 1.65. The summed E-state index contributed by atoms with van der Waals surface area (Å²) in [6.45, 7) is 5.02. The highest BCUT2D eigenvalue weighted by molar-refractivity contribution is 6.05. The Labute approximate surface area is 178 Å². The standard InChI is InChI=1S/C22H26O9/c1-9-12(29-21-17(26)16(25)19(28-4)22(2,3)31-21)8-7-11-15(24)13(14(23)10-5-6-10)20(27)30-18(9)11/h7-8,10,16-17,19,21,24-26H,5-6H2,1-4H3/t16-,17+,19+,21+/m0/s1. The number of ketones is 1. The van der Waals surface area contributed by atoms with E-state index >= 15 is 0 Å². The molecule has 2 aliphatic rings. The fraction of sp³-hybridized carbons (Fsp3) is 0.545. The van der Waals surface area contributed by atoms with Crippen LogP contribution in [-0.4, -0.2) is 58.4 Å². The van der Waals surface area contributed by atoms with E-state index in [-0.39, 0.29) is 28.2 Å². The Morgan fingerprint density at radius 1 is 1.19 bits per heavy atom. The number of fused-ring (bicyclic) bond motifs is 1. The van der Waals surface area contributed by atoms with Crippen molar-refractivity contribution in [2.75, 3.05) is 7.11 Å². The van der Waals surface area contributed by atoms with E-state index in [9.17, 15) is 24.9 Å². The number of hydrogen-bond acceptors (Lipinski definition) is 9. The number of Topliss-reactive ketones (excluding diaryl/α,β-unsaturated/α-hetero) is 1. The molecule has 4 rings (SSSR count). The molecule has 0 radical (unpaired) electrons. The van der Waals surface area contributed by atoms with Crippen LogP contribution in [0.5, 0.6) is 11.5 Å². The minimum absolute atomic E-state index is 0.0622. The molecule has 2 fully saturated rings. The van der Waals surface area contributed by atoms with Gasteiger partial charge in [-0.15, -0.1) is 0 Å². The van der Waals surface area contributed by atoms with E-state index in [2.05, 4.69) is 0 Å². The molecule has 1 aromatic carbocycles. The number of aliphatic hydroxyl groups is 2. The summed E-state index contributed by atoms with van der Waals surface area (Å²) >= 11 is 0. The molecule has 168 valence electrons. The van der Waals surface area contributed by atoms with E-state index < -0.39 is 47.4 Å². The maximum absolute atomic E-state index is 12.4. The summed E-state index contributed by atoms with van der Waals surface area (Å²) in [6, 6.07) is 2.98. The van der Waals surface area contributed by atoms with Gasteiger partial charge in [-0.3, -0.25) is 4.79 Å². The Morgan fingerprint density at radius 2 is 1.87 bits per heavy atom. The molecule has 1 aliphatic heterocycles. The van der Waals surface area contributed by atoms with Crippen molar-refractivity contribution in [1.82, 2.24) is 0 Å². The van der Waals surface area contributed by atoms with Crippen LogP contribution in [0.3, 0.4) is 0 Å². The average Bonchev–Trinajstić information content (AvgIpc) is 3.53. The lowest BCUT2D eigenvalue weighted by Gasteiger charge is -2.46. The van der Waals surface area contributed by atoms with Gasteiger partial charge in [-0.25, -0.2) is 4.79 Å². The van der Waals surface area contributed by atoms with Gasteiger partial charge in [0.05, 0.1) is 11.0 Å². The van der Waals surface area contributed by atoms with Crippen LogP contribution in [0, 0.1) is 12.8 Å². The largest absolute Gasteiger partial charge is 0.506 e. The fourth-order valence-corrected chi connectivity index (χ4v) is 4.09. The number of aliphatic hydroxyl groups excluding tert-OH is 2. The van der Waals surface area contributed by atoms with E-state index in [1.165, 1.54) is 19.2 Å². The molecule has 31 heavy (non-hydrogen) atoms. The molecule has 0 spiro atoms. The minimum atomic E-state index is -1.40. The van der Waals surface area contributed by atoms with Gasteiger partial charge in [0.25, 0.3) is 0 Å². The highest BCUT2D eigenvalue weighted by Gasteiger charge is 2.50. The fourth-order valence-electron chi connectivity index (χ4n) is 4.09. The van der Waals surface area contributed by atoms with Crippen molar-refractivity contribution in [2.45, 2.75) is 63.8 Å². The van der Waals surface area contributed by atoms with Gasteiger partial charge in [0.1, 0.15) is 41.0 Å². The van der Waals surface area contributed by atoms with Crippen LogP contribution in [0.4, 0.5) is 0 Å². The topological polar surface area (TPSA) is 136 Å². The molecule has 9 nitrogen and oxygen atoms in total. The molecule has 2 heterocycles. The SMILES string of the molecule is CO[C@@H]1[C@@H](O)[C@@H](O)[C@H](Oc2ccc3c(O)c(C(=O)C4CC4)c(=O)oc3c2C)OC1(C)C. The maximum Gasteiger partial charge on any atom is 0.351 e. The van der Waals surface area contributed by atoms with Gasteiger partial charge in [0.15, 0.2) is 5.78 Å². The van der Waals surface area contributed by atoms with Gasteiger partial charge in [0.2, 0.25) is 6.29 Å². The number of carbonyl (C=O) groups excluding carboxylic acids is 1. The first kappa shape index (κ1) is 21.8. The third-order valence-corrected chi connectivity index (χ3v) is 5.98. The quantitative estimate of drug-likeness (QED) is 0.474. The summed E-state index contributed by atoms with van der Waals surface area (Å²) in [5, 5.41) is 31.6. The number of aromatic hydroxyl groups is 1. The Hall–Kier alpha value is -2.46. The molecule has 0 amide bonds. The second kappa shape index (κ2) is 7.59. The lowest BCUT2D eigenvalue weighted by atomic mass is 9.89. The Morgan fingerprint density at radius 3 is 2.48 bits per heavy atom. The van der Waals surface area contributed by atoms with E-state index in [0.717, 1.165) is 0 Å². The first-order valence-electron chi connectivity index (χ1n) is 10.1. The van der Waals surface area contributed by atoms with Gasteiger partial charge in [-0.1, -0.05) is 0 Å². The van der Waals surface area contributed by atoms with Gasteiger partial charge >= 0.3 is 5.63 Å². The van der Waals surface area contributed by atoms with Gasteiger partial charge in [-0.05, 0) is 45.7 Å². The maximum atomic E-state index is 12.4. The Bertz CT molecular complexity index is 1080. The van der Waals surface area contributed by atoms with Crippen LogP contribution in [0.25, 0.3) is 11.0 Å². The zero-order valence-corrected chi connectivity index (χ0v) is 17.7. The molecule has 1 aliphatic carbocycles. The lowest BCUT2D eigenvalue weighted by molar-refractivity contribution is -0.306. The lowest BCUT2D eigenvalue weighted by Crippen LogP contribution is -2.63. The summed E-state index contributed by atoms with van der Waals surface area (Å²) in [5.74, 6) is -0.843. The summed E-state index contributed by atoms with van der Waals surface area (Å²) in [7, 11) is 1.41. The van der Waals surface area contributed by atoms with E-state index in [1.54, 1.807) is 20.8 Å². The van der Waals surface area contributed by atoms with Crippen molar-refractivity contribution in [2.24, 2.45) is 5.92 Å². The van der Waals surface area contributed by atoms with Crippen LogP contribution in [0.15, 0.2) is 21.3 Å². The van der Waals surface area contributed by atoms with Crippen LogP contribution < -0.4 is 10.4 Å². The molecule has 1 saturated heterocycles. The first-order valence-corrected chi connectivity index (χ1v) is 10.1. The summed E-state index contributed by atoms with van der Waals surface area (Å²) in [6.07, 6.45) is -3.25. The number of aryl methyl sites for hydroxylation is 1. The molecule has 2 aromatic rings. The number of hydrogen-bond donors (Lipinski definition) is 3. The monoisotopic (exact) mass is 434 g/mol. The van der Waals surface area contributed by atoms with Crippen LogP contribution in [-0.2, 0) is 9.47 Å². The first-order chi connectivity index (χ1) is 14.6. The van der Waals surface area contributed by atoms with E-state index in [1.807, 2.05) is 0 Å². The summed E-state index contributed by atoms with van der Waals surface area (Å²) in [4.78, 5) is 24.8. The molecule has 0 unspecified atom stereocenters. The Balaban J connectivity index is 1.69. The van der Waals surface area contributed by atoms with Crippen LogP contribution in [0.1, 0.15) is 42.6 Å². The van der Waals surface area contributed by atoms with E-state index in [0.29, 0.717) is 18.4 Å². The third-order valence-electron chi connectivity index (χ3n) is 5.98. The smallest absolute Gasteiger partial charge is 0.351 e. The average molecular weight is 434 g/mol. The molecular formula is C22H26O9. The predicted molar refractivity (Wildman–Crippen MR) is 108 cm³/mol. The zero-order chi connectivity index (χ0) is 22.7. The molecule has 9 heteroatoms. The number of rotatable bonds is 5. The second-order valence-corrected chi connectivity index (χ2v) is 8.66. The second-order valence-electron chi connectivity index (χ2n) is 8.66. The number of carbonyl (C=O) groups is 1. The highest BCUT2D eigenvalue weighted by Crippen LogP contribution is 2.39. The van der Waals surface area contributed by atoms with Crippen LogP contribution in [0.2, 0.25) is 0 Å². The zero-order valence-electron chi connectivity index (χ0n) is 17.7.